The Labute approximate surface area is 115 Å². The van der Waals surface area contributed by atoms with E-state index in [0.717, 1.165) is 18.0 Å². The Bertz CT molecular complexity index is 211. The van der Waals surface area contributed by atoms with Crippen LogP contribution in [0, 0.1) is 5.92 Å². The average molecular weight is 254 g/mol. The minimum atomic E-state index is 0.674. The third-order valence-corrected chi connectivity index (χ3v) is 4.26. The summed E-state index contributed by atoms with van der Waals surface area (Å²) >= 11 is 0. The molecule has 2 unspecified atom stereocenters. The van der Waals surface area contributed by atoms with Crippen LogP contribution in [0.2, 0.25) is 0 Å². The molecule has 18 heavy (non-hydrogen) atoms. The molecule has 0 saturated heterocycles. The van der Waals surface area contributed by atoms with Gasteiger partial charge in [-0.1, -0.05) is 34.1 Å². The molecule has 0 aromatic rings. The molecular formula is C16H34N2. The third-order valence-electron chi connectivity index (χ3n) is 4.26. The van der Waals surface area contributed by atoms with E-state index in [2.05, 4.69) is 45.0 Å². The zero-order valence-corrected chi connectivity index (χ0v) is 13.2. The predicted octanol–water partition coefficient (Wildman–Crippen LogP) is 3.66. The van der Waals surface area contributed by atoms with Crippen LogP contribution in [0.15, 0.2) is 0 Å². The van der Waals surface area contributed by atoms with Gasteiger partial charge in [0.2, 0.25) is 0 Å². The van der Waals surface area contributed by atoms with Crippen LogP contribution in [0.25, 0.3) is 0 Å². The first-order valence-electron chi connectivity index (χ1n) is 8.06. The molecule has 0 aliphatic heterocycles. The summed E-state index contributed by atoms with van der Waals surface area (Å²) < 4.78 is 0. The van der Waals surface area contributed by atoms with Crippen molar-refractivity contribution in [1.29, 1.82) is 0 Å². The largest absolute Gasteiger partial charge is 0.315 e. The lowest BCUT2D eigenvalue weighted by atomic mass is 9.98. The maximum absolute atomic E-state index is 3.56. The molecule has 108 valence electrons. The standard InChI is InChI=1S/C16H34N2/c1-6-8-15(17-5)16(7-2)18(14-9-10-14)12-11-13(3)4/h13-17H,6-12H2,1-5H3. The minimum Gasteiger partial charge on any atom is -0.315 e. The second-order valence-electron chi connectivity index (χ2n) is 6.31. The number of nitrogens with one attached hydrogen (secondary N) is 1. The molecule has 0 aromatic heterocycles. The summed E-state index contributed by atoms with van der Waals surface area (Å²) in [5, 5.41) is 3.56. The van der Waals surface area contributed by atoms with E-state index >= 15 is 0 Å². The van der Waals surface area contributed by atoms with Crippen LogP contribution < -0.4 is 5.32 Å². The van der Waals surface area contributed by atoms with Gasteiger partial charge in [-0.2, -0.15) is 0 Å². The molecule has 1 fully saturated rings. The van der Waals surface area contributed by atoms with E-state index in [0.29, 0.717) is 6.04 Å². The van der Waals surface area contributed by atoms with Crippen LogP contribution in [0.4, 0.5) is 0 Å². The van der Waals surface area contributed by atoms with Crippen LogP contribution in [-0.2, 0) is 0 Å². The van der Waals surface area contributed by atoms with E-state index in [1.54, 1.807) is 0 Å². The van der Waals surface area contributed by atoms with E-state index in [4.69, 9.17) is 0 Å². The summed E-state index contributed by atoms with van der Waals surface area (Å²) in [6.07, 6.45) is 8.06. The smallest absolute Gasteiger partial charge is 0.0249 e. The Morgan fingerprint density at radius 1 is 1.17 bits per heavy atom. The molecule has 0 radical (unpaired) electrons. The van der Waals surface area contributed by atoms with Gasteiger partial charge in [-0.05, 0) is 51.6 Å². The number of hydrogen-bond donors (Lipinski definition) is 1. The highest BCUT2D eigenvalue weighted by Crippen LogP contribution is 2.31. The topological polar surface area (TPSA) is 15.3 Å². The molecule has 0 spiro atoms. The number of hydrogen-bond acceptors (Lipinski definition) is 2. The van der Waals surface area contributed by atoms with Gasteiger partial charge in [-0.3, -0.25) is 4.90 Å². The first kappa shape index (κ1) is 16.0. The lowest BCUT2D eigenvalue weighted by Gasteiger charge is -2.37. The Kier molecular flexibility index (Phi) is 7.25. The first-order valence-corrected chi connectivity index (χ1v) is 8.06. The summed E-state index contributed by atoms with van der Waals surface area (Å²) in [5.41, 5.74) is 0. The maximum atomic E-state index is 3.56. The van der Waals surface area contributed by atoms with E-state index in [-0.39, 0.29) is 0 Å². The molecule has 1 aliphatic rings. The monoisotopic (exact) mass is 254 g/mol. The fraction of sp³-hybridized carbons (Fsp3) is 1.00. The van der Waals surface area contributed by atoms with Gasteiger partial charge < -0.3 is 5.32 Å². The number of nitrogens with zero attached hydrogens (tertiary/aromatic N) is 1. The third kappa shape index (κ3) is 4.89. The van der Waals surface area contributed by atoms with Crippen LogP contribution in [0.5, 0.6) is 0 Å². The van der Waals surface area contributed by atoms with Crippen LogP contribution in [0.1, 0.15) is 66.2 Å². The SMILES string of the molecule is CCCC(NC)C(CC)N(CCC(C)C)C1CC1. The highest BCUT2D eigenvalue weighted by atomic mass is 15.2. The highest BCUT2D eigenvalue weighted by molar-refractivity contribution is 4.92. The first-order chi connectivity index (χ1) is 8.63. The van der Waals surface area contributed by atoms with Crippen LogP contribution >= 0.6 is 0 Å². The van der Waals surface area contributed by atoms with Crippen LogP contribution in [-0.4, -0.2) is 36.6 Å². The average Bonchev–Trinajstić information content (AvgIpc) is 3.16. The van der Waals surface area contributed by atoms with Gasteiger partial charge in [0.25, 0.3) is 0 Å². The zero-order valence-electron chi connectivity index (χ0n) is 13.2. The maximum Gasteiger partial charge on any atom is 0.0249 e. The zero-order chi connectivity index (χ0) is 13.5. The van der Waals surface area contributed by atoms with E-state index in [1.165, 1.54) is 45.1 Å². The second kappa shape index (κ2) is 8.16. The van der Waals surface area contributed by atoms with Crippen molar-refractivity contribution in [3.8, 4) is 0 Å². The summed E-state index contributed by atoms with van der Waals surface area (Å²) in [7, 11) is 2.14. The van der Waals surface area contributed by atoms with Gasteiger partial charge in [0.15, 0.2) is 0 Å². The second-order valence-corrected chi connectivity index (χ2v) is 6.31. The van der Waals surface area contributed by atoms with Gasteiger partial charge in [-0.25, -0.2) is 0 Å². The summed E-state index contributed by atoms with van der Waals surface area (Å²) in [4.78, 5) is 2.82. The highest BCUT2D eigenvalue weighted by Gasteiger charge is 2.35. The Morgan fingerprint density at radius 2 is 1.83 bits per heavy atom. The van der Waals surface area contributed by atoms with Crippen LogP contribution in [0.3, 0.4) is 0 Å². The Morgan fingerprint density at radius 3 is 2.22 bits per heavy atom. The van der Waals surface area contributed by atoms with Crippen molar-refractivity contribution in [3.05, 3.63) is 0 Å². The minimum absolute atomic E-state index is 0.674. The molecule has 0 bridgehead atoms. The molecule has 0 amide bonds. The van der Waals surface area contributed by atoms with Crippen molar-refractivity contribution < 1.29 is 0 Å². The fourth-order valence-corrected chi connectivity index (χ4v) is 3.02. The molecule has 0 aromatic carbocycles. The molecular weight excluding hydrogens is 220 g/mol. The van der Waals surface area contributed by atoms with E-state index in [1.807, 2.05) is 0 Å². The molecule has 2 atom stereocenters. The van der Waals surface area contributed by atoms with E-state index < -0.39 is 0 Å². The molecule has 1 N–H and O–H groups in total. The molecule has 1 aliphatic carbocycles. The molecule has 2 nitrogen and oxygen atoms in total. The van der Waals surface area contributed by atoms with Crippen molar-refractivity contribution in [2.24, 2.45) is 5.92 Å². The molecule has 1 saturated carbocycles. The van der Waals surface area contributed by atoms with Crippen molar-refractivity contribution in [3.63, 3.8) is 0 Å². The summed E-state index contributed by atoms with van der Waals surface area (Å²) in [6.45, 7) is 10.6. The quantitative estimate of drug-likeness (QED) is 0.640. The summed E-state index contributed by atoms with van der Waals surface area (Å²) in [6, 6.07) is 2.30. The molecule has 2 heteroatoms. The fourth-order valence-electron chi connectivity index (χ4n) is 3.02. The van der Waals surface area contributed by atoms with Crippen molar-refractivity contribution in [2.75, 3.05) is 13.6 Å². The number of likely N-dealkylation sites (N-methyl/N-ethyl adjacent to an activating group) is 1. The Hall–Kier alpha value is -0.0800. The predicted molar refractivity (Wildman–Crippen MR) is 81.0 cm³/mol. The lowest BCUT2D eigenvalue weighted by molar-refractivity contribution is 0.134. The molecule has 1 rings (SSSR count). The van der Waals surface area contributed by atoms with Gasteiger partial charge in [0.05, 0.1) is 0 Å². The summed E-state index contributed by atoms with van der Waals surface area (Å²) in [5.74, 6) is 0.822. The van der Waals surface area contributed by atoms with Crippen molar-refractivity contribution in [1.82, 2.24) is 10.2 Å². The molecule has 0 heterocycles. The van der Waals surface area contributed by atoms with Crippen molar-refractivity contribution >= 4 is 0 Å². The lowest BCUT2D eigenvalue weighted by Crippen LogP contribution is -2.50. The number of rotatable bonds is 10. The normalized spacial score (nSPS) is 19.5. The van der Waals surface area contributed by atoms with Gasteiger partial charge >= 0.3 is 0 Å². The van der Waals surface area contributed by atoms with Gasteiger partial charge in [-0.15, -0.1) is 0 Å². The van der Waals surface area contributed by atoms with Crippen molar-refractivity contribution in [2.45, 2.75) is 84.3 Å². The van der Waals surface area contributed by atoms with Gasteiger partial charge in [0, 0.05) is 18.1 Å². The van der Waals surface area contributed by atoms with E-state index in [9.17, 15) is 0 Å². The van der Waals surface area contributed by atoms with Gasteiger partial charge in [0.1, 0.15) is 0 Å². The Balaban J connectivity index is 2.60.